The second kappa shape index (κ2) is 7.45. The number of nitrogens with one attached hydrogen (secondary N) is 1. The molecule has 5 heteroatoms. The zero-order valence-electron chi connectivity index (χ0n) is 12.3. The maximum absolute atomic E-state index is 4.35. The molecule has 1 aromatic carbocycles. The van der Waals surface area contributed by atoms with Crippen molar-refractivity contribution in [3.05, 3.63) is 42.0 Å². The highest BCUT2D eigenvalue weighted by Gasteiger charge is 2.06. The summed E-state index contributed by atoms with van der Waals surface area (Å²) in [4.78, 5) is 5.62. The van der Waals surface area contributed by atoms with E-state index in [2.05, 4.69) is 53.5 Å². The Morgan fingerprint density at radius 3 is 2.65 bits per heavy atom. The van der Waals surface area contributed by atoms with Gasteiger partial charge in [-0.25, -0.2) is 9.67 Å². The van der Waals surface area contributed by atoms with E-state index in [4.69, 9.17) is 0 Å². The Morgan fingerprint density at radius 1 is 1.25 bits per heavy atom. The molecule has 2 rings (SSSR count). The molecule has 0 saturated heterocycles. The van der Waals surface area contributed by atoms with Crippen LogP contribution in [-0.2, 0) is 18.8 Å². The zero-order valence-corrected chi connectivity index (χ0v) is 13.2. The first kappa shape index (κ1) is 15.1. The molecule has 0 radical (unpaired) electrons. The molecule has 0 saturated carbocycles. The van der Waals surface area contributed by atoms with Gasteiger partial charge in [-0.3, -0.25) is 0 Å². The summed E-state index contributed by atoms with van der Waals surface area (Å²) in [6, 6.07) is 8.66. The fourth-order valence-corrected chi connectivity index (χ4v) is 2.80. The lowest BCUT2D eigenvalue weighted by molar-refractivity contribution is 0.472. The van der Waals surface area contributed by atoms with Gasteiger partial charge in [0, 0.05) is 18.0 Å². The fraction of sp³-hybridized carbons (Fsp3) is 0.467. The molecule has 1 heterocycles. The Hall–Kier alpha value is -1.33. The highest BCUT2D eigenvalue weighted by molar-refractivity contribution is 7.98. The Bertz CT molecular complexity index is 519. The first-order chi connectivity index (χ1) is 9.69. The molecule has 1 N–H and O–H groups in total. The molecular weight excluding hydrogens is 268 g/mol. The molecule has 0 amide bonds. The van der Waals surface area contributed by atoms with Gasteiger partial charge >= 0.3 is 0 Å². The molecule has 0 atom stereocenters. The maximum Gasteiger partial charge on any atom is 0.138 e. The average Bonchev–Trinajstić information content (AvgIpc) is 2.85. The van der Waals surface area contributed by atoms with Gasteiger partial charge < -0.3 is 5.32 Å². The summed E-state index contributed by atoms with van der Waals surface area (Å²) in [5, 5.41) is 7.45. The van der Waals surface area contributed by atoms with Crippen LogP contribution in [0.15, 0.2) is 35.5 Å². The number of rotatable bonds is 7. The van der Waals surface area contributed by atoms with E-state index in [1.807, 2.05) is 11.7 Å². The minimum atomic E-state index is 0.585. The van der Waals surface area contributed by atoms with E-state index in [9.17, 15) is 0 Å². The van der Waals surface area contributed by atoms with Crippen molar-refractivity contribution in [3.8, 4) is 0 Å². The Morgan fingerprint density at radius 2 is 2.00 bits per heavy atom. The summed E-state index contributed by atoms with van der Waals surface area (Å²) in [6.45, 7) is 6.23. The van der Waals surface area contributed by atoms with E-state index in [0.717, 1.165) is 24.7 Å². The van der Waals surface area contributed by atoms with E-state index < -0.39 is 0 Å². The van der Waals surface area contributed by atoms with Crippen molar-refractivity contribution in [2.45, 2.75) is 37.6 Å². The van der Waals surface area contributed by atoms with Crippen LogP contribution in [0.3, 0.4) is 0 Å². The van der Waals surface area contributed by atoms with Crippen LogP contribution in [-0.4, -0.2) is 21.8 Å². The molecule has 4 nitrogen and oxygen atoms in total. The smallest absolute Gasteiger partial charge is 0.138 e. The van der Waals surface area contributed by atoms with Crippen molar-refractivity contribution >= 4 is 11.8 Å². The minimum absolute atomic E-state index is 0.585. The molecule has 0 aliphatic rings. The number of nitrogens with zero attached hydrogens (tertiary/aromatic N) is 3. The monoisotopic (exact) mass is 290 g/mol. The Balaban J connectivity index is 1.93. The van der Waals surface area contributed by atoms with Crippen molar-refractivity contribution in [1.29, 1.82) is 0 Å². The van der Waals surface area contributed by atoms with Crippen LogP contribution in [0.1, 0.15) is 25.2 Å². The Kier molecular flexibility index (Phi) is 5.61. The number of benzene rings is 1. The van der Waals surface area contributed by atoms with Gasteiger partial charge in [0.15, 0.2) is 0 Å². The van der Waals surface area contributed by atoms with Crippen LogP contribution < -0.4 is 5.32 Å². The second-order valence-corrected chi connectivity index (χ2v) is 6.26. The Labute approximate surface area is 125 Å². The van der Waals surface area contributed by atoms with Crippen LogP contribution >= 0.6 is 11.8 Å². The first-order valence-electron chi connectivity index (χ1n) is 6.92. The van der Waals surface area contributed by atoms with E-state index >= 15 is 0 Å². The number of hydrogen-bond acceptors (Lipinski definition) is 4. The van der Waals surface area contributed by atoms with Gasteiger partial charge in [0.05, 0.1) is 5.75 Å². The van der Waals surface area contributed by atoms with Gasteiger partial charge in [-0.2, -0.15) is 5.10 Å². The largest absolute Gasteiger partial charge is 0.316 e. The predicted octanol–water partition coefficient (Wildman–Crippen LogP) is 2.95. The van der Waals surface area contributed by atoms with E-state index in [1.54, 1.807) is 18.1 Å². The van der Waals surface area contributed by atoms with Crippen molar-refractivity contribution in [2.24, 2.45) is 5.92 Å². The highest BCUT2D eigenvalue weighted by Crippen LogP contribution is 2.22. The molecule has 108 valence electrons. The maximum atomic E-state index is 4.35. The lowest BCUT2D eigenvalue weighted by atomic mass is 10.2. The molecular formula is C15H22N4S. The van der Waals surface area contributed by atoms with Gasteiger partial charge in [-0.1, -0.05) is 26.0 Å². The predicted molar refractivity (Wildman–Crippen MR) is 83.6 cm³/mol. The molecule has 0 spiro atoms. The highest BCUT2D eigenvalue weighted by atomic mass is 32.2. The summed E-state index contributed by atoms with van der Waals surface area (Å²) in [6.07, 6.45) is 1.65. The summed E-state index contributed by atoms with van der Waals surface area (Å²) in [7, 11) is 1.96. The molecule has 0 aliphatic heterocycles. The third kappa shape index (κ3) is 4.35. The van der Waals surface area contributed by atoms with Gasteiger partial charge in [0.25, 0.3) is 0 Å². The fourth-order valence-electron chi connectivity index (χ4n) is 1.95. The molecule has 0 unspecified atom stereocenters. The van der Waals surface area contributed by atoms with Crippen molar-refractivity contribution in [1.82, 2.24) is 20.1 Å². The summed E-state index contributed by atoms with van der Waals surface area (Å²) in [5.74, 6) is 2.49. The van der Waals surface area contributed by atoms with Gasteiger partial charge in [-0.05, 0) is 30.7 Å². The summed E-state index contributed by atoms with van der Waals surface area (Å²) >= 11 is 1.80. The number of aromatic nitrogens is 3. The molecule has 1 aromatic heterocycles. The standard InChI is InChI=1S/C15H22N4S/c1-12(2)9-19-15(17-11-18-19)10-20-14-6-4-13(5-7-14)8-16-3/h4-7,11-12,16H,8-10H2,1-3H3. The van der Waals surface area contributed by atoms with Crippen LogP contribution in [0, 0.1) is 5.92 Å². The topological polar surface area (TPSA) is 42.7 Å². The van der Waals surface area contributed by atoms with Crippen molar-refractivity contribution in [3.63, 3.8) is 0 Å². The van der Waals surface area contributed by atoms with E-state index in [0.29, 0.717) is 5.92 Å². The summed E-state index contributed by atoms with van der Waals surface area (Å²) < 4.78 is 2.01. The minimum Gasteiger partial charge on any atom is -0.316 e. The van der Waals surface area contributed by atoms with Gasteiger partial charge in [0.2, 0.25) is 0 Å². The van der Waals surface area contributed by atoms with Crippen molar-refractivity contribution < 1.29 is 0 Å². The van der Waals surface area contributed by atoms with Crippen LogP contribution in [0.4, 0.5) is 0 Å². The van der Waals surface area contributed by atoms with Crippen LogP contribution in [0.5, 0.6) is 0 Å². The molecule has 0 aliphatic carbocycles. The number of hydrogen-bond donors (Lipinski definition) is 1. The lowest BCUT2D eigenvalue weighted by Crippen LogP contribution is -2.09. The van der Waals surface area contributed by atoms with Crippen molar-refractivity contribution in [2.75, 3.05) is 7.05 Å². The lowest BCUT2D eigenvalue weighted by Gasteiger charge is -2.08. The van der Waals surface area contributed by atoms with E-state index in [-0.39, 0.29) is 0 Å². The molecule has 2 aromatic rings. The third-order valence-electron chi connectivity index (χ3n) is 2.91. The molecule has 0 fully saturated rings. The van der Waals surface area contributed by atoms with Gasteiger partial charge in [-0.15, -0.1) is 11.8 Å². The van der Waals surface area contributed by atoms with Crippen LogP contribution in [0.25, 0.3) is 0 Å². The molecule has 0 bridgehead atoms. The molecule has 20 heavy (non-hydrogen) atoms. The van der Waals surface area contributed by atoms with Crippen LogP contribution in [0.2, 0.25) is 0 Å². The quantitative estimate of drug-likeness (QED) is 0.796. The first-order valence-corrected chi connectivity index (χ1v) is 7.90. The normalized spacial score (nSPS) is 11.2. The van der Waals surface area contributed by atoms with E-state index in [1.165, 1.54) is 10.5 Å². The second-order valence-electron chi connectivity index (χ2n) is 5.22. The third-order valence-corrected chi connectivity index (χ3v) is 3.91. The summed E-state index contributed by atoms with van der Waals surface area (Å²) in [5.41, 5.74) is 1.31. The SMILES string of the molecule is CNCc1ccc(SCc2ncnn2CC(C)C)cc1. The zero-order chi connectivity index (χ0) is 14.4. The number of thioether (sulfide) groups is 1. The average molecular weight is 290 g/mol. The van der Waals surface area contributed by atoms with Gasteiger partial charge in [0.1, 0.15) is 12.2 Å².